The lowest BCUT2D eigenvalue weighted by atomic mass is 10.1. The Morgan fingerprint density at radius 2 is 2.32 bits per heavy atom. The second kappa shape index (κ2) is 5.15. The molecule has 0 spiro atoms. The van der Waals surface area contributed by atoms with Crippen molar-refractivity contribution >= 4 is 34.0 Å². The van der Waals surface area contributed by atoms with Gasteiger partial charge in [0.2, 0.25) is 0 Å². The monoisotopic (exact) mass is 276 g/mol. The number of nitrogens with zero attached hydrogens (tertiary/aromatic N) is 1. The van der Waals surface area contributed by atoms with E-state index in [1.54, 1.807) is 18.5 Å². The first-order valence-corrected chi connectivity index (χ1v) is 6.58. The Bertz CT molecular complexity index is 624. The van der Waals surface area contributed by atoms with Crippen LogP contribution in [-0.4, -0.2) is 23.6 Å². The van der Waals surface area contributed by atoms with Crippen molar-refractivity contribution in [1.29, 1.82) is 0 Å². The molecule has 1 atom stereocenters. The molecular weight excluding hydrogens is 264 g/mol. The summed E-state index contributed by atoms with van der Waals surface area (Å²) < 4.78 is 5.37. The van der Waals surface area contributed by atoms with Gasteiger partial charge < -0.3 is 10.1 Å². The molecule has 1 aliphatic rings. The summed E-state index contributed by atoms with van der Waals surface area (Å²) in [5, 5.41) is 5.21. The minimum Gasteiger partial charge on any atom is -0.368 e. The predicted octanol–water partition coefficient (Wildman–Crippen LogP) is 3.01. The zero-order valence-corrected chi connectivity index (χ0v) is 11.0. The van der Waals surface area contributed by atoms with Crippen molar-refractivity contribution in [1.82, 2.24) is 4.98 Å². The van der Waals surface area contributed by atoms with Crippen LogP contribution < -0.4 is 5.32 Å². The average Bonchev–Trinajstić information content (AvgIpc) is 2.96. The lowest BCUT2D eigenvalue weighted by molar-refractivity contribution is -0.124. The minimum absolute atomic E-state index is 0.135. The highest BCUT2D eigenvalue weighted by molar-refractivity contribution is 6.35. The molecule has 4 nitrogen and oxygen atoms in total. The zero-order chi connectivity index (χ0) is 13.2. The maximum atomic E-state index is 12.1. The summed E-state index contributed by atoms with van der Waals surface area (Å²) in [6.45, 7) is 0.644. The number of fused-ring (bicyclic) bond motifs is 1. The Balaban J connectivity index is 1.95. The number of rotatable bonds is 2. The fraction of sp³-hybridized carbons (Fsp3) is 0.286. The molecule has 1 N–H and O–H groups in total. The summed E-state index contributed by atoms with van der Waals surface area (Å²) >= 11 is 6.18. The van der Waals surface area contributed by atoms with E-state index in [1.165, 1.54) is 0 Å². The Morgan fingerprint density at radius 1 is 1.42 bits per heavy atom. The van der Waals surface area contributed by atoms with E-state index in [0.29, 0.717) is 17.3 Å². The standard InChI is InChI=1S/C14H13ClN2O2/c15-11-4-3-9-8-16-6-5-10(9)13(11)17-14(18)12-2-1-7-19-12/h3-6,8,12H,1-2,7H2,(H,17,18)/t12-/m1/s1. The Morgan fingerprint density at radius 3 is 3.11 bits per heavy atom. The Kier molecular flexibility index (Phi) is 3.36. The zero-order valence-electron chi connectivity index (χ0n) is 10.2. The molecule has 0 aliphatic carbocycles. The number of amides is 1. The topological polar surface area (TPSA) is 51.2 Å². The van der Waals surface area contributed by atoms with Crippen LogP contribution in [0.5, 0.6) is 0 Å². The van der Waals surface area contributed by atoms with Crippen LogP contribution in [0.25, 0.3) is 10.8 Å². The van der Waals surface area contributed by atoms with Crippen molar-refractivity contribution in [3.8, 4) is 0 Å². The smallest absolute Gasteiger partial charge is 0.253 e. The van der Waals surface area contributed by atoms with Crippen LogP contribution in [0.3, 0.4) is 0 Å². The molecule has 19 heavy (non-hydrogen) atoms. The van der Waals surface area contributed by atoms with Gasteiger partial charge in [0, 0.05) is 29.8 Å². The molecule has 1 amide bonds. The minimum atomic E-state index is -0.367. The molecule has 98 valence electrons. The first kappa shape index (κ1) is 12.4. The van der Waals surface area contributed by atoms with E-state index in [-0.39, 0.29) is 12.0 Å². The number of anilines is 1. The molecule has 1 aliphatic heterocycles. The van der Waals surface area contributed by atoms with E-state index in [4.69, 9.17) is 16.3 Å². The van der Waals surface area contributed by atoms with Gasteiger partial charge in [0.05, 0.1) is 10.7 Å². The van der Waals surface area contributed by atoms with Crippen LogP contribution in [0.4, 0.5) is 5.69 Å². The van der Waals surface area contributed by atoms with Gasteiger partial charge in [-0.15, -0.1) is 0 Å². The van der Waals surface area contributed by atoms with Crippen molar-refractivity contribution < 1.29 is 9.53 Å². The van der Waals surface area contributed by atoms with Gasteiger partial charge in [0.1, 0.15) is 6.10 Å². The number of ether oxygens (including phenoxy) is 1. The molecule has 3 rings (SSSR count). The number of hydrogen-bond acceptors (Lipinski definition) is 3. The van der Waals surface area contributed by atoms with Gasteiger partial charge in [-0.3, -0.25) is 9.78 Å². The molecule has 1 saturated heterocycles. The van der Waals surface area contributed by atoms with Crippen LogP contribution in [0.15, 0.2) is 30.6 Å². The largest absolute Gasteiger partial charge is 0.368 e. The van der Waals surface area contributed by atoms with Crippen LogP contribution in [0.2, 0.25) is 5.02 Å². The normalized spacial score (nSPS) is 18.7. The number of carbonyl (C=O) groups excluding carboxylic acids is 1. The number of benzene rings is 1. The Hall–Kier alpha value is -1.65. The van der Waals surface area contributed by atoms with E-state index < -0.39 is 0 Å². The molecule has 0 bridgehead atoms. The van der Waals surface area contributed by atoms with Crippen molar-refractivity contribution in [2.75, 3.05) is 11.9 Å². The van der Waals surface area contributed by atoms with E-state index in [9.17, 15) is 4.79 Å². The molecule has 1 fully saturated rings. The highest BCUT2D eigenvalue weighted by Crippen LogP contribution is 2.31. The van der Waals surface area contributed by atoms with Gasteiger partial charge in [-0.2, -0.15) is 0 Å². The molecular formula is C14H13ClN2O2. The van der Waals surface area contributed by atoms with Gasteiger partial charge in [-0.25, -0.2) is 0 Å². The summed E-state index contributed by atoms with van der Waals surface area (Å²) in [6.07, 6.45) is 4.74. The summed E-state index contributed by atoms with van der Waals surface area (Å²) in [5.74, 6) is -0.135. The summed E-state index contributed by atoms with van der Waals surface area (Å²) in [5.41, 5.74) is 0.627. The van der Waals surface area contributed by atoms with Crippen molar-refractivity contribution in [3.05, 3.63) is 35.6 Å². The lowest BCUT2D eigenvalue weighted by Crippen LogP contribution is -2.27. The molecule has 0 unspecified atom stereocenters. The maximum absolute atomic E-state index is 12.1. The molecule has 5 heteroatoms. The lowest BCUT2D eigenvalue weighted by Gasteiger charge is -2.13. The third-order valence-corrected chi connectivity index (χ3v) is 3.55. The quantitative estimate of drug-likeness (QED) is 0.917. The van der Waals surface area contributed by atoms with Crippen LogP contribution in [0.1, 0.15) is 12.8 Å². The highest BCUT2D eigenvalue weighted by Gasteiger charge is 2.24. The molecule has 1 aromatic carbocycles. The number of halogens is 1. The van der Waals surface area contributed by atoms with Gasteiger partial charge in [-0.1, -0.05) is 17.7 Å². The first-order valence-electron chi connectivity index (χ1n) is 6.20. The maximum Gasteiger partial charge on any atom is 0.253 e. The van der Waals surface area contributed by atoms with E-state index in [0.717, 1.165) is 23.6 Å². The first-order chi connectivity index (χ1) is 9.25. The number of hydrogen-bond donors (Lipinski definition) is 1. The van der Waals surface area contributed by atoms with Gasteiger partial charge in [-0.05, 0) is 25.0 Å². The van der Waals surface area contributed by atoms with Gasteiger partial charge in [0.15, 0.2) is 0 Å². The second-order valence-electron chi connectivity index (χ2n) is 4.51. The molecule has 2 heterocycles. The number of nitrogens with one attached hydrogen (secondary N) is 1. The average molecular weight is 277 g/mol. The second-order valence-corrected chi connectivity index (χ2v) is 4.92. The van der Waals surface area contributed by atoms with E-state index in [2.05, 4.69) is 10.3 Å². The molecule has 1 aromatic heterocycles. The number of pyridine rings is 1. The highest BCUT2D eigenvalue weighted by atomic mass is 35.5. The summed E-state index contributed by atoms with van der Waals surface area (Å²) in [4.78, 5) is 16.2. The molecule has 0 saturated carbocycles. The fourth-order valence-electron chi connectivity index (χ4n) is 2.26. The summed E-state index contributed by atoms with van der Waals surface area (Å²) in [7, 11) is 0. The summed E-state index contributed by atoms with van der Waals surface area (Å²) in [6, 6.07) is 5.48. The third-order valence-electron chi connectivity index (χ3n) is 3.24. The fourth-order valence-corrected chi connectivity index (χ4v) is 2.47. The van der Waals surface area contributed by atoms with Crippen molar-refractivity contribution in [2.45, 2.75) is 18.9 Å². The number of carbonyl (C=O) groups is 1. The van der Waals surface area contributed by atoms with Crippen LogP contribution in [-0.2, 0) is 9.53 Å². The predicted molar refractivity (Wildman–Crippen MR) is 74.4 cm³/mol. The van der Waals surface area contributed by atoms with Crippen molar-refractivity contribution in [2.24, 2.45) is 0 Å². The molecule has 2 aromatic rings. The molecule has 0 radical (unpaired) electrons. The van der Waals surface area contributed by atoms with Gasteiger partial charge in [0.25, 0.3) is 5.91 Å². The SMILES string of the molecule is O=C(Nc1c(Cl)ccc2cnccc12)[C@H]1CCCO1. The van der Waals surface area contributed by atoms with Crippen molar-refractivity contribution in [3.63, 3.8) is 0 Å². The van der Waals surface area contributed by atoms with Crippen LogP contribution >= 0.6 is 11.6 Å². The Labute approximate surface area is 115 Å². The van der Waals surface area contributed by atoms with Gasteiger partial charge >= 0.3 is 0 Å². The van der Waals surface area contributed by atoms with E-state index >= 15 is 0 Å². The van der Waals surface area contributed by atoms with E-state index in [1.807, 2.05) is 12.1 Å². The van der Waals surface area contributed by atoms with Crippen LogP contribution in [0, 0.1) is 0 Å². The third kappa shape index (κ3) is 2.41. The number of aromatic nitrogens is 1.